The Morgan fingerprint density at radius 1 is 1.10 bits per heavy atom. The molecular formula is C21H19N5O4. The van der Waals surface area contributed by atoms with Crippen molar-refractivity contribution in [3.8, 4) is 34.6 Å². The molecule has 0 spiro atoms. The monoisotopic (exact) mass is 405 g/mol. The Labute approximate surface area is 172 Å². The van der Waals surface area contributed by atoms with E-state index in [0.29, 0.717) is 28.4 Å². The van der Waals surface area contributed by atoms with Crippen molar-refractivity contribution in [2.24, 2.45) is 5.10 Å². The van der Waals surface area contributed by atoms with Crippen LogP contribution in [0.15, 0.2) is 52.4 Å². The average molecular weight is 405 g/mol. The summed E-state index contributed by atoms with van der Waals surface area (Å²) in [5.74, 6) is 1.63. The molecule has 30 heavy (non-hydrogen) atoms. The molecular weight excluding hydrogens is 386 g/mol. The molecule has 0 atom stereocenters. The molecule has 0 radical (unpaired) electrons. The summed E-state index contributed by atoms with van der Waals surface area (Å²) in [6.07, 6.45) is 1.47. The Morgan fingerprint density at radius 3 is 2.33 bits per heavy atom. The zero-order valence-corrected chi connectivity index (χ0v) is 16.6. The maximum atomic E-state index is 12.3. The molecule has 0 saturated carbocycles. The molecule has 1 aromatic heterocycles. The average Bonchev–Trinajstić information content (AvgIpc) is 2.79. The second-order valence-electron chi connectivity index (χ2n) is 5.93. The number of nitrogens with zero attached hydrogens (tertiary/aromatic N) is 3. The third-order valence-corrected chi connectivity index (χ3v) is 4.20. The number of rotatable bonds is 7. The smallest absolute Gasteiger partial charge is 0.270 e. The molecule has 0 aliphatic rings. The number of nitriles is 1. The first-order chi connectivity index (χ1) is 14.6. The molecule has 2 aromatic carbocycles. The van der Waals surface area contributed by atoms with Crippen LogP contribution >= 0.6 is 0 Å². The number of aromatic nitrogens is 2. The molecule has 152 valence electrons. The Morgan fingerprint density at radius 2 is 1.77 bits per heavy atom. The van der Waals surface area contributed by atoms with E-state index in [2.05, 4.69) is 20.5 Å². The van der Waals surface area contributed by atoms with Crippen molar-refractivity contribution in [1.82, 2.24) is 9.97 Å². The number of hydrogen-bond acceptors (Lipinski definition) is 8. The first-order valence-electron chi connectivity index (χ1n) is 8.80. The molecule has 0 aliphatic carbocycles. The van der Waals surface area contributed by atoms with Gasteiger partial charge in [-0.25, -0.2) is 10.4 Å². The number of aromatic amines is 1. The van der Waals surface area contributed by atoms with Gasteiger partial charge in [0, 0.05) is 17.7 Å². The standard InChI is InChI=1S/C21H19N5O4/c1-28-14-9-17(29-2)16(18(10-14)30-3)12-23-26-21-24-19(13-7-5-4-6-8-13)15(11-22)20(27)25-21/h4-10,12H,1-3H3,(H2,24,25,26,27). The fourth-order valence-electron chi connectivity index (χ4n) is 2.75. The predicted octanol–water partition coefficient (Wildman–Crippen LogP) is 2.78. The van der Waals surface area contributed by atoms with Crippen LogP contribution in [0.2, 0.25) is 0 Å². The van der Waals surface area contributed by atoms with Crippen molar-refractivity contribution in [3.63, 3.8) is 0 Å². The number of H-pyrrole nitrogens is 1. The summed E-state index contributed by atoms with van der Waals surface area (Å²) < 4.78 is 16.0. The molecule has 0 saturated heterocycles. The first kappa shape index (κ1) is 20.4. The van der Waals surface area contributed by atoms with Crippen LogP contribution in [-0.4, -0.2) is 37.5 Å². The van der Waals surface area contributed by atoms with Gasteiger partial charge in [0.25, 0.3) is 5.56 Å². The molecule has 1 heterocycles. The summed E-state index contributed by atoms with van der Waals surface area (Å²) in [4.78, 5) is 19.1. The minimum atomic E-state index is -0.566. The minimum Gasteiger partial charge on any atom is -0.496 e. The Kier molecular flexibility index (Phi) is 6.29. The third kappa shape index (κ3) is 4.23. The fraction of sp³-hybridized carbons (Fsp3) is 0.143. The Balaban J connectivity index is 1.95. The van der Waals surface area contributed by atoms with E-state index >= 15 is 0 Å². The summed E-state index contributed by atoms with van der Waals surface area (Å²) in [5.41, 5.74) is 3.51. The molecule has 0 fully saturated rings. The number of nitrogens with one attached hydrogen (secondary N) is 2. The van der Waals surface area contributed by atoms with Crippen molar-refractivity contribution in [1.29, 1.82) is 5.26 Å². The topological polar surface area (TPSA) is 122 Å². The van der Waals surface area contributed by atoms with Crippen LogP contribution in [0.1, 0.15) is 11.1 Å². The summed E-state index contributed by atoms with van der Waals surface area (Å²) in [5, 5.41) is 13.5. The van der Waals surface area contributed by atoms with Crippen LogP contribution in [0.5, 0.6) is 17.2 Å². The number of methoxy groups -OCH3 is 3. The van der Waals surface area contributed by atoms with Gasteiger partial charge in [0.2, 0.25) is 5.95 Å². The van der Waals surface area contributed by atoms with Crippen molar-refractivity contribution in [2.45, 2.75) is 0 Å². The van der Waals surface area contributed by atoms with E-state index in [1.54, 1.807) is 43.5 Å². The molecule has 3 rings (SSSR count). The summed E-state index contributed by atoms with van der Waals surface area (Å²) in [7, 11) is 4.58. The largest absolute Gasteiger partial charge is 0.496 e. The molecule has 2 N–H and O–H groups in total. The molecule has 0 bridgehead atoms. The lowest BCUT2D eigenvalue weighted by atomic mass is 10.1. The van der Waals surface area contributed by atoms with E-state index < -0.39 is 5.56 Å². The van der Waals surface area contributed by atoms with Gasteiger partial charge in [0.15, 0.2) is 0 Å². The number of benzene rings is 2. The minimum absolute atomic E-state index is 0.0748. The predicted molar refractivity (Wildman–Crippen MR) is 112 cm³/mol. The zero-order valence-electron chi connectivity index (χ0n) is 16.6. The normalized spacial score (nSPS) is 10.5. The Hall–Kier alpha value is -4.32. The summed E-state index contributed by atoms with van der Waals surface area (Å²) >= 11 is 0. The molecule has 0 amide bonds. The lowest BCUT2D eigenvalue weighted by Gasteiger charge is -2.12. The van der Waals surface area contributed by atoms with Crippen molar-refractivity contribution in [2.75, 3.05) is 26.8 Å². The zero-order chi connectivity index (χ0) is 21.5. The van der Waals surface area contributed by atoms with E-state index in [4.69, 9.17) is 14.2 Å². The first-order valence-corrected chi connectivity index (χ1v) is 8.80. The van der Waals surface area contributed by atoms with Crippen LogP contribution in [0.3, 0.4) is 0 Å². The lowest BCUT2D eigenvalue weighted by molar-refractivity contribution is 0.374. The van der Waals surface area contributed by atoms with Gasteiger partial charge in [-0.05, 0) is 0 Å². The highest BCUT2D eigenvalue weighted by molar-refractivity contribution is 5.88. The van der Waals surface area contributed by atoms with Gasteiger partial charge in [0.05, 0.1) is 38.8 Å². The van der Waals surface area contributed by atoms with Gasteiger partial charge in [0.1, 0.15) is 28.9 Å². The number of anilines is 1. The number of hydrazone groups is 1. The molecule has 0 aliphatic heterocycles. The fourth-order valence-corrected chi connectivity index (χ4v) is 2.75. The van der Waals surface area contributed by atoms with Gasteiger partial charge in [-0.2, -0.15) is 10.4 Å². The molecule has 0 unspecified atom stereocenters. The lowest BCUT2D eigenvalue weighted by Crippen LogP contribution is -2.16. The van der Waals surface area contributed by atoms with Crippen molar-refractivity contribution in [3.05, 3.63) is 63.9 Å². The second kappa shape index (κ2) is 9.25. The highest BCUT2D eigenvalue weighted by atomic mass is 16.5. The molecule has 9 nitrogen and oxygen atoms in total. The highest BCUT2D eigenvalue weighted by Gasteiger charge is 2.14. The summed E-state index contributed by atoms with van der Waals surface area (Å²) in [6, 6.07) is 14.2. The number of ether oxygens (including phenoxy) is 3. The second-order valence-corrected chi connectivity index (χ2v) is 5.93. The van der Waals surface area contributed by atoms with E-state index in [-0.39, 0.29) is 17.2 Å². The molecule has 9 heteroatoms. The third-order valence-electron chi connectivity index (χ3n) is 4.20. The number of hydrogen-bond donors (Lipinski definition) is 2. The van der Waals surface area contributed by atoms with E-state index in [9.17, 15) is 10.1 Å². The maximum absolute atomic E-state index is 12.3. The van der Waals surface area contributed by atoms with E-state index in [0.717, 1.165) is 0 Å². The van der Waals surface area contributed by atoms with Gasteiger partial charge < -0.3 is 14.2 Å². The van der Waals surface area contributed by atoms with Gasteiger partial charge in [-0.1, -0.05) is 30.3 Å². The van der Waals surface area contributed by atoms with Crippen LogP contribution in [-0.2, 0) is 0 Å². The van der Waals surface area contributed by atoms with E-state index in [1.807, 2.05) is 12.1 Å². The van der Waals surface area contributed by atoms with Gasteiger partial charge in [-0.15, -0.1) is 0 Å². The summed E-state index contributed by atoms with van der Waals surface area (Å²) in [6.45, 7) is 0. The quantitative estimate of drug-likeness (QED) is 0.458. The maximum Gasteiger partial charge on any atom is 0.270 e. The SMILES string of the molecule is COc1cc(OC)c(C=NNc2nc(-c3ccccc3)c(C#N)c(=O)[nH]2)c(OC)c1. The van der Waals surface area contributed by atoms with Crippen LogP contribution in [0.4, 0.5) is 5.95 Å². The van der Waals surface area contributed by atoms with Crippen molar-refractivity contribution < 1.29 is 14.2 Å². The van der Waals surface area contributed by atoms with E-state index in [1.165, 1.54) is 20.4 Å². The van der Waals surface area contributed by atoms with Gasteiger partial charge >= 0.3 is 0 Å². The van der Waals surface area contributed by atoms with Crippen molar-refractivity contribution >= 4 is 12.2 Å². The van der Waals surface area contributed by atoms with Crippen LogP contribution in [0, 0.1) is 11.3 Å². The van der Waals surface area contributed by atoms with Crippen LogP contribution in [0.25, 0.3) is 11.3 Å². The Bertz CT molecular complexity index is 1140. The highest BCUT2D eigenvalue weighted by Crippen LogP contribution is 2.32. The van der Waals surface area contributed by atoms with Gasteiger partial charge in [-0.3, -0.25) is 9.78 Å². The molecule has 3 aromatic rings. The van der Waals surface area contributed by atoms with Crippen LogP contribution < -0.4 is 25.2 Å².